The van der Waals surface area contributed by atoms with Crippen LogP contribution >= 0.6 is 0 Å². The largest absolute Gasteiger partial charge is 0.457 e. The van der Waals surface area contributed by atoms with Gasteiger partial charge >= 0.3 is 8.32 Å². The average Bonchev–Trinajstić information content (AvgIpc) is 1.89. The van der Waals surface area contributed by atoms with Crippen LogP contribution < -0.4 is 0 Å². The Hall–Kier alpha value is 0.314. The highest BCUT2D eigenvalue weighted by molar-refractivity contribution is 7.05. The zero-order valence-corrected chi connectivity index (χ0v) is 10.1. The van der Waals surface area contributed by atoms with Gasteiger partial charge in [-0.2, -0.15) is 0 Å². The number of hydrogen-bond acceptors (Lipinski definition) is 3. The van der Waals surface area contributed by atoms with Crippen LogP contribution in [0.5, 0.6) is 0 Å². The number of rotatable bonds is 5. The molecule has 0 aliphatic carbocycles. The molecule has 0 amide bonds. The summed E-state index contributed by atoms with van der Waals surface area (Å²) in [5, 5.41) is 0. The van der Waals surface area contributed by atoms with Crippen LogP contribution in [0.1, 0.15) is 13.8 Å². The lowest BCUT2D eigenvalue weighted by Crippen LogP contribution is -2.46. The Morgan fingerprint density at radius 1 is 1.20 bits per heavy atom. The van der Waals surface area contributed by atoms with E-state index in [1.54, 1.807) is 7.11 Å². The second-order valence-corrected chi connectivity index (χ2v) is 8.32. The molecule has 10 heavy (non-hydrogen) atoms. The highest BCUT2D eigenvalue weighted by atomic mass is 29.2. The van der Waals surface area contributed by atoms with Gasteiger partial charge in [-0.3, -0.25) is 0 Å². The topological polar surface area (TPSA) is 27.7 Å². The molecule has 0 saturated carbocycles. The van der Waals surface area contributed by atoms with Crippen molar-refractivity contribution in [1.29, 1.82) is 0 Å². The van der Waals surface area contributed by atoms with E-state index in [2.05, 4.69) is 0 Å². The quantitative estimate of drug-likeness (QED) is 0.534. The van der Waals surface area contributed by atoms with E-state index in [4.69, 9.17) is 13.3 Å². The van der Waals surface area contributed by atoms with E-state index in [1.165, 1.54) is 0 Å². The SMILES string of the molecule is CCO[Si]([SiH3])(OC)OCC. The highest BCUT2D eigenvalue weighted by Gasteiger charge is 2.30. The maximum Gasteiger partial charge on any atom is 0.457 e. The van der Waals surface area contributed by atoms with Crippen LogP contribution in [0.3, 0.4) is 0 Å². The Morgan fingerprint density at radius 3 is 1.80 bits per heavy atom. The monoisotopic (exact) mass is 180 g/mol. The predicted molar refractivity (Wildman–Crippen MR) is 46.0 cm³/mol. The molecule has 3 nitrogen and oxygen atoms in total. The van der Waals surface area contributed by atoms with Crippen molar-refractivity contribution in [3.8, 4) is 0 Å². The minimum atomic E-state index is -2.08. The predicted octanol–water partition coefficient (Wildman–Crippen LogP) is -0.493. The third-order valence-electron chi connectivity index (χ3n) is 1.18. The molecule has 0 spiro atoms. The maximum atomic E-state index is 5.38. The maximum absolute atomic E-state index is 5.38. The van der Waals surface area contributed by atoms with Crippen molar-refractivity contribution in [1.82, 2.24) is 0 Å². The van der Waals surface area contributed by atoms with Crippen LogP contribution in [0, 0.1) is 0 Å². The molecule has 0 aliphatic rings. The van der Waals surface area contributed by atoms with Gasteiger partial charge in [-0.05, 0) is 13.8 Å². The van der Waals surface area contributed by atoms with E-state index < -0.39 is 8.32 Å². The highest BCUT2D eigenvalue weighted by Crippen LogP contribution is 2.01. The fraction of sp³-hybridized carbons (Fsp3) is 1.00. The van der Waals surface area contributed by atoms with Gasteiger partial charge in [-0.25, -0.2) is 0 Å². The van der Waals surface area contributed by atoms with E-state index in [-0.39, 0.29) is 0 Å². The second kappa shape index (κ2) is 5.03. The van der Waals surface area contributed by atoms with Crippen molar-refractivity contribution in [3.63, 3.8) is 0 Å². The van der Waals surface area contributed by atoms with Gasteiger partial charge in [0.15, 0.2) is 0 Å². The molecule has 0 aromatic rings. The summed E-state index contributed by atoms with van der Waals surface area (Å²) in [5.74, 6) is 0. The molecule has 0 aliphatic heterocycles. The van der Waals surface area contributed by atoms with Gasteiger partial charge in [0, 0.05) is 20.3 Å². The zero-order chi connectivity index (χ0) is 8.04. The Balaban J connectivity index is 3.69. The van der Waals surface area contributed by atoms with Crippen molar-refractivity contribution in [3.05, 3.63) is 0 Å². The summed E-state index contributed by atoms with van der Waals surface area (Å²) in [6.45, 7) is 5.28. The third kappa shape index (κ3) is 3.47. The van der Waals surface area contributed by atoms with E-state index in [0.717, 1.165) is 9.76 Å². The molecule has 0 atom stereocenters. The van der Waals surface area contributed by atoms with E-state index >= 15 is 0 Å². The molecule has 0 N–H and O–H groups in total. The molecule has 0 fully saturated rings. The van der Waals surface area contributed by atoms with Crippen LogP contribution in [-0.4, -0.2) is 38.4 Å². The van der Waals surface area contributed by atoms with Crippen LogP contribution in [0.2, 0.25) is 0 Å². The molecule has 0 radical (unpaired) electrons. The average molecular weight is 180 g/mol. The second-order valence-electron chi connectivity index (χ2n) is 1.93. The lowest BCUT2D eigenvalue weighted by Gasteiger charge is -2.23. The van der Waals surface area contributed by atoms with Crippen molar-refractivity contribution >= 4 is 18.1 Å². The molecule has 0 unspecified atom stereocenters. The summed E-state index contributed by atoms with van der Waals surface area (Å²) in [7, 11) is 0.433. The summed E-state index contributed by atoms with van der Waals surface area (Å²) in [6, 6.07) is 0. The van der Waals surface area contributed by atoms with Crippen molar-refractivity contribution in [2.24, 2.45) is 0 Å². The summed E-state index contributed by atoms with van der Waals surface area (Å²) in [6.07, 6.45) is 0. The standard InChI is InChI=1S/C5H16O3Si2/c1-4-7-10(9,6-3)8-5-2/h4-5H2,1-3,9H3. The van der Waals surface area contributed by atoms with Gasteiger partial charge in [-0.15, -0.1) is 0 Å². The Labute approximate surface area is 66.3 Å². The lowest BCUT2D eigenvalue weighted by molar-refractivity contribution is 0.110. The molecule has 0 rings (SSSR count). The summed E-state index contributed by atoms with van der Waals surface area (Å²) < 4.78 is 15.9. The molecule has 0 saturated heterocycles. The summed E-state index contributed by atoms with van der Waals surface area (Å²) in [4.78, 5) is 0. The van der Waals surface area contributed by atoms with Crippen LogP contribution in [0.4, 0.5) is 0 Å². The van der Waals surface area contributed by atoms with Gasteiger partial charge < -0.3 is 13.3 Å². The molecule has 0 aromatic heterocycles. The number of hydrogen-bond donors (Lipinski definition) is 0. The van der Waals surface area contributed by atoms with Gasteiger partial charge in [0.25, 0.3) is 0 Å². The summed E-state index contributed by atoms with van der Waals surface area (Å²) >= 11 is 0. The molecular weight excluding hydrogens is 164 g/mol. The van der Waals surface area contributed by atoms with Gasteiger partial charge in [0.2, 0.25) is 0 Å². The molecule has 5 heteroatoms. The van der Waals surface area contributed by atoms with Crippen molar-refractivity contribution < 1.29 is 13.3 Å². The lowest BCUT2D eigenvalue weighted by atomic mass is 10.9. The first-order valence-electron chi connectivity index (χ1n) is 3.51. The first-order valence-corrected chi connectivity index (χ1v) is 8.74. The third-order valence-corrected chi connectivity index (χ3v) is 6.51. The first-order chi connectivity index (χ1) is 4.68. The van der Waals surface area contributed by atoms with E-state index in [1.807, 2.05) is 13.8 Å². The van der Waals surface area contributed by atoms with Gasteiger partial charge in [0.05, 0.1) is 0 Å². The minimum absolute atomic E-state index is 0.684. The fourth-order valence-corrected chi connectivity index (χ4v) is 3.78. The van der Waals surface area contributed by atoms with E-state index in [9.17, 15) is 0 Å². The van der Waals surface area contributed by atoms with Crippen molar-refractivity contribution in [2.75, 3.05) is 20.3 Å². The normalized spacial score (nSPS) is 12.3. The minimum Gasteiger partial charge on any atom is -0.380 e. The van der Waals surface area contributed by atoms with E-state index in [0.29, 0.717) is 13.2 Å². The molecule has 0 bridgehead atoms. The van der Waals surface area contributed by atoms with Crippen LogP contribution in [-0.2, 0) is 13.3 Å². The zero-order valence-electron chi connectivity index (χ0n) is 7.14. The molecular formula is C5H16O3Si2. The molecule has 62 valence electrons. The molecule has 0 aromatic carbocycles. The first kappa shape index (κ1) is 10.3. The van der Waals surface area contributed by atoms with Gasteiger partial charge in [-0.1, -0.05) is 0 Å². The van der Waals surface area contributed by atoms with Crippen molar-refractivity contribution in [2.45, 2.75) is 13.8 Å². The summed E-state index contributed by atoms with van der Waals surface area (Å²) in [5.41, 5.74) is 0. The fourth-order valence-electron chi connectivity index (χ4n) is 0.684. The van der Waals surface area contributed by atoms with Crippen LogP contribution in [0.25, 0.3) is 0 Å². The smallest absolute Gasteiger partial charge is 0.380 e. The van der Waals surface area contributed by atoms with Crippen LogP contribution in [0.15, 0.2) is 0 Å². The van der Waals surface area contributed by atoms with Gasteiger partial charge in [0.1, 0.15) is 9.76 Å². The Morgan fingerprint density at radius 2 is 1.60 bits per heavy atom. The Kier molecular flexibility index (Phi) is 5.19. The Bertz CT molecular complexity index is 83.0. The molecule has 0 heterocycles.